The molecular formula is C3H10ClN2OP. The normalized spacial score (nSPS) is 17.9. The van der Waals surface area contributed by atoms with Gasteiger partial charge in [0.1, 0.15) is 0 Å². The summed E-state index contributed by atoms with van der Waals surface area (Å²) in [5.41, 5.74) is 5.11. The monoisotopic (exact) mass is 156 g/mol. The minimum Gasteiger partial charge on any atom is -0.290 e. The van der Waals surface area contributed by atoms with Gasteiger partial charge >= 0.3 is 0 Å². The number of alkyl halides is 1. The largest absolute Gasteiger partial charge is 0.290 e. The first-order chi connectivity index (χ1) is 3.56. The second-order valence-electron chi connectivity index (χ2n) is 1.59. The summed E-state index contributed by atoms with van der Waals surface area (Å²) >= 11 is 5.27. The van der Waals surface area contributed by atoms with Crippen molar-refractivity contribution in [3.05, 3.63) is 0 Å². The fourth-order valence-corrected chi connectivity index (χ4v) is 1.05. The molecule has 0 bridgehead atoms. The Bertz CT molecular complexity index is 101. The van der Waals surface area contributed by atoms with E-state index in [9.17, 15) is 4.57 Å². The van der Waals surface area contributed by atoms with E-state index in [1.165, 1.54) is 6.66 Å². The molecule has 3 N–H and O–H groups in total. The molecule has 1 atom stereocenters. The van der Waals surface area contributed by atoms with E-state index >= 15 is 0 Å². The maximum atomic E-state index is 10.6. The zero-order valence-electron chi connectivity index (χ0n) is 4.72. The van der Waals surface area contributed by atoms with E-state index in [0.717, 1.165) is 0 Å². The summed E-state index contributed by atoms with van der Waals surface area (Å²) in [4.78, 5) is 0. The van der Waals surface area contributed by atoms with Crippen molar-refractivity contribution in [1.29, 1.82) is 0 Å². The zero-order chi connectivity index (χ0) is 6.62. The van der Waals surface area contributed by atoms with Crippen molar-refractivity contribution >= 4 is 19.0 Å². The van der Waals surface area contributed by atoms with Crippen molar-refractivity contribution in [3.8, 4) is 0 Å². The molecule has 1 unspecified atom stereocenters. The minimum absolute atomic E-state index is 0.440. The van der Waals surface area contributed by atoms with Gasteiger partial charge in [-0.15, -0.1) is 11.6 Å². The lowest BCUT2D eigenvalue weighted by molar-refractivity contribution is 0.571. The van der Waals surface area contributed by atoms with Gasteiger partial charge in [-0.25, -0.2) is 0 Å². The fourth-order valence-electron chi connectivity index (χ4n) is 0.264. The van der Waals surface area contributed by atoms with Crippen LogP contribution in [0.15, 0.2) is 0 Å². The van der Waals surface area contributed by atoms with Crippen LogP contribution in [-0.2, 0) is 4.57 Å². The van der Waals surface area contributed by atoms with E-state index in [-0.39, 0.29) is 0 Å². The first kappa shape index (κ1) is 8.44. The standard InChI is InChI=1S/C3H10ClN2OP/c1-8(5,7)6-3-2-4/h2-3H2,1H3,(H3,5,6,7). The third-order valence-electron chi connectivity index (χ3n) is 0.520. The molecule has 5 heteroatoms. The Morgan fingerprint density at radius 2 is 2.38 bits per heavy atom. The van der Waals surface area contributed by atoms with Crippen LogP contribution in [-0.4, -0.2) is 19.1 Å². The maximum Gasteiger partial charge on any atom is 0.205 e. The van der Waals surface area contributed by atoms with Crippen LogP contribution in [0.4, 0.5) is 0 Å². The minimum atomic E-state index is -2.52. The number of nitrogens with two attached hydrogens (primary N) is 1. The summed E-state index contributed by atoms with van der Waals surface area (Å²) in [6.07, 6.45) is 0. The van der Waals surface area contributed by atoms with Gasteiger partial charge < -0.3 is 0 Å². The van der Waals surface area contributed by atoms with Crippen LogP contribution in [0.3, 0.4) is 0 Å². The van der Waals surface area contributed by atoms with Gasteiger partial charge in [0.15, 0.2) is 0 Å². The average Bonchev–Trinajstić information content (AvgIpc) is 1.59. The third kappa shape index (κ3) is 6.44. The van der Waals surface area contributed by atoms with E-state index < -0.39 is 7.44 Å². The molecule has 50 valence electrons. The van der Waals surface area contributed by atoms with E-state index in [4.69, 9.17) is 17.1 Å². The van der Waals surface area contributed by atoms with Crippen molar-refractivity contribution in [2.24, 2.45) is 5.50 Å². The average molecular weight is 157 g/mol. The fraction of sp³-hybridized carbons (Fsp3) is 1.00. The van der Waals surface area contributed by atoms with Gasteiger partial charge in [-0.05, 0) is 0 Å². The van der Waals surface area contributed by atoms with Crippen LogP contribution in [0.25, 0.3) is 0 Å². The van der Waals surface area contributed by atoms with E-state index in [1.54, 1.807) is 0 Å². The second kappa shape index (κ2) is 3.46. The Morgan fingerprint density at radius 3 is 2.50 bits per heavy atom. The topological polar surface area (TPSA) is 55.1 Å². The van der Waals surface area contributed by atoms with Gasteiger partial charge in [-0.1, -0.05) is 0 Å². The molecule has 8 heavy (non-hydrogen) atoms. The highest BCUT2D eigenvalue weighted by molar-refractivity contribution is 7.58. The molecule has 0 saturated carbocycles. The number of rotatable bonds is 3. The quantitative estimate of drug-likeness (QED) is 0.465. The lowest BCUT2D eigenvalue weighted by Gasteiger charge is -2.04. The molecule has 0 saturated heterocycles. The first-order valence-electron chi connectivity index (χ1n) is 2.23. The van der Waals surface area contributed by atoms with E-state index in [2.05, 4.69) is 5.09 Å². The van der Waals surface area contributed by atoms with Crippen molar-refractivity contribution < 1.29 is 4.57 Å². The molecular weight excluding hydrogens is 146 g/mol. The maximum absolute atomic E-state index is 10.6. The molecule has 0 aliphatic carbocycles. The molecule has 0 aliphatic heterocycles. The van der Waals surface area contributed by atoms with Gasteiger partial charge in [0.05, 0.1) is 0 Å². The van der Waals surface area contributed by atoms with Gasteiger partial charge in [0, 0.05) is 19.1 Å². The highest BCUT2D eigenvalue weighted by Gasteiger charge is 2.02. The summed E-state index contributed by atoms with van der Waals surface area (Å²) in [6.45, 7) is 1.96. The van der Waals surface area contributed by atoms with Crippen molar-refractivity contribution in [2.45, 2.75) is 0 Å². The smallest absolute Gasteiger partial charge is 0.205 e. The van der Waals surface area contributed by atoms with Gasteiger partial charge in [-0.2, -0.15) is 0 Å². The Morgan fingerprint density at radius 1 is 1.88 bits per heavy atom. The highest BCUT2D eigenvalue weighted by Crippen LogP contribution is 2.22. The molecule has 0 heterocycles. The predicted molar refractivity (Wildman–Crippen MR) is 36.4 cm³/mol. The number of hydrogen-bond donors (Lipinski definition) is 2. The lowest BCUT2D eigenvalue weighted by Crippen LogP contribution is -2.17. The van der Waals surface area contributed by atoms with Crippen molar-refractivity contribution in [3.63, 3.8) is 0 Å². The third-order valence-corrected chi connectivity index (χ3v) is 1.56. The van der Waals surface area contributed by atoms with Crippen LogP contribution in [0.2, 0.25) is 0 Å². The summed E-state index contributed by atoms with van der Waals surface area (Å²) in [5, 5.41) is 2.57. The van der Waals surface area contributed by atoms with E-state index in [1.807, 2.05) is 0 Å². The summed E-state index contributed by atoms with van der Waals surface area (Å²) in [6, 6.07) is 0. The Kier molecular flexibility index (Phi) is 3.65. The molecule has 0 spiro atoms. The Balaban J connectivity index is 3.26. The van der Waals surface area contributed by atoms with Crippen molar-refractivity contribution in [1.82, 2.24) is 5.09 Å². The van der Waals surface area contributed by atoms with Crippen LogP contribution in [0.5, 0.6) is 0 Å². The number of halogens is 1. The molecule has 0 aliphatic rings. The molecule has 0 aromatic heterocycles. The van der Waals surface area contributed by atoms with Crippen LogP contribution >= 0.6 is 19.0 Å². The van der Waals surface area contributed by atoms with Crippen molar-refractivity contribution in [2.75, 3.05) is 19.1 Å². The summed E-state index contributed by atoms with van der Waals surface area (Å²) < 4.78 is 10.6. The number of nitrogens with one attached hydrogen (secondary N) is 1. The van der Waals surface area contributed by atoms with E-state index in [0.29, 0.717) is 12.4 Å². The summed E-state index contributed by atoms with van der Waals surface area (Å²) in [7, 11) is -2.52. The van der Waals surface area contributed by atoms with Gasteiger partial charge in [-0.3, -0.25) is 15.2 Å². The second-order valence-corrected chi connectivity index (χ2v) is 4.26. The van der Waals surface area contributed by atoms with Gasteiger partial charge in [0.2, 0.25) is 7.44 Å². The predicted octanol–water partition coefficient (Wildman–Crippen LogP) is 0.596. The molecule has 0 fully saturated rings. The highest BCUT2D eigenvalue weighted by atomic mass is 35.5. The molecule has 0 rings (SSSR count). The van der Waals surface area contributed by atoms with Crippen LogP contribution in [0.1, 0.15) is 0 Å². The lowest BCUT2D eigenvalue weighted by atomic mass is 10.8. The molecule has 0 amide bonds. The Labute approximate surface area is 54.1 Å². The Hall–Kier alpha value is 0.440. The molecule has 0 aromatic carbocycles. The first-order valence-corrected chi connectivity index (χ1v) is 4.99. The summed E-state index contributed by atoms with van der Waals surface area (Å²) in [5.74, 6) is 0.440. The zero-order valence-corrected chi connectivity index (χ0v) is 6.38. The van der Waals surface area contributed by atoms with Gasteiger partial charge in [0.25, 0.3) is 0 Å². The SMILES string of the molecule is CP(N)(=O)NCCCl. The van der Waals surface area contributed by atoms with Crippen LogP contribution in [0, 0.1) is 0 Å². The number of hydrogen-bond acceptors (Lipinski definition) is 1. The van der Waals surface area contributed by atoms with Crippen LogP contribution < -0.4 is 10.6 Å². The molecule has 0 aromatic rings. The molecule has 0 radical (unpaired) electrons. The molecule has 3 nitrogen and oxygen atoms in total.